The van der Waals surface area contributed by atoms with Crippen molar-refractivity contribution < 1.29 is 0 Å². The number of hydrogen-bond acceptors (Lipinski definition) is 2. The number of nitrogens with zero attached hydrogens (tertiary/aromatic N) is 1. The van der Waals surface area contributed by atoms with Crippen LogP contribution in [-0.4, -0.2) is 6.04 Å². The van der Waals surface area contributed by atoms with Gasteiger partial charge in [0.15, 0.2) is 0 Å². The van der Waals surface area contributed by atoms with E-state index in [0.29, 0.717) is 0 Å². The molecule has 15 heavy (non-hydrogen) atoms. The molecule has 1 unspecified atom stereocenters. The fourth-order valence-corrected chi connectivity index (χ4v) is 2.28. The lowest BCUT2D eigenvalue weighted by Gasteiger charge is -2.33. The highest BCUT2D eigenvalue weighted by Gasteiger charge is 2.26. The topological polar surface area (TPSA) is 29.4 Å². The molecule has 2 nitrogen and oxygen atoms in total. The highest BCUT2D eigenvalue weighted by molar-refractivity contribution is 5.33. The molecule has 0 aromatic carbocycles. The van der Waals surface area contributed by atoms with Gasteiger partial charge in [0.1, 0.15) is 6.04 Å². The lowest BCUT2D eigenvalue weighted by molar-refractivity contribution is 0.376. The first kappa shape index (κ1) is 12.2. The molecule has 0 aromatic heterocycles. The molecular weight excluding hydrogens is 186 g/mol. The second-order valence-electron chi connectivity index (χ2n) is 5.14. The van der Waals surface area contributed by atoms with Crippen LogP contribution in [0, 0.1) is 10.3 Å². The Morgan fingerprint density at radius 3 is 2.67 bits per heavy atom. The van der Waals surface area contributed by atoms with Crippen molar-refractivity contribution in [3.8, 4) is 0 Å². The van der Waals surface area contributed by atoms with Crippen molar-refractivity contribution in [2.75, 3.05) is 0 Å². The number of rotatable bonds is 3. The van der Waals surface area contributed by atoms with Gasteiger partial charge in [0.05, 0.1) is 0 Å². The zero-order valence-corrected chi connectivity index (χ0v) is 10.2. The van der Waals surface area contributed by atoms with Crippen molar-refractivity contribution in [2.24, 2.45) is 10.6 Å². The van der Waals surface area contributed by atoms with Crippen LogP contribution in [0.5, 0.6) is 0 Å². The van der Waals surface area contributed by atoms with Crippen LogP contribution in [0.15, 0.2) is 28.5 Å². The third kappa shape index (κ3) is 3.01. The zero-order valence-electron chi connectivity index (χ0n) is 10.2. The second kappa shape index (κ2) is 4.73. The van der Waals surface area contributed by atoms with Crippen molar-refractivity contribution in [3.63, 3.8) is 0 Å². The molecule has 1 aliphatic carbocycles. The molecule has 2 heteroatoms. The Morgan fingerprint density at radius 1 is 1.47 bits per heavy atom. The predicted molar refractivity (Wildman–Crippen MR) is 64.7 cm³/mol. The van der Waals surface area contributed by atoms with Gasteiger partial charge in [0.2, 0.25) is 0 Å². The Kier molecular flexibility index (Phi) is 3.83. The maximum Gasteiger partial charge on any atom is 0.107 e. The highest BCUT2D eigenvalue weighted by atomic mass is 16.3. The van der Waals surface area contributed by atoms with Gasteiger partial charge in [0, 0.05) is 0 Å². The maximum atomic E-state index is 10.3. The van der Waals surface area contributed by atoms with Crippen LogP contribution in [-0.2, 0) is 0 Å². The largest absolute Gasteiger partial charge is 0.150 e. The van der Waals surface area contributed by atoms with Crippen LogP contribution in [0.3, 0.4) is 0 Å². The molecule has 84 valence electrons. The van der Waals surface area contributed by atoms with E-state index in [1.165, 1.54) is 30.4 Å². The Labute approximate surface area is 92.4 Å². The molecule has 0 radical (unpaired) electrons. The first-order valence-corrected chi connectivity index (χ1v) is 5.68. The fraction of sp³-hybridized carbons (Fsp3) is 0.692. The van der Waals surface area contributed by atoms with E-state index in [2.05, 4.69) is 32.0 Å². The number of nitroso groups, excluding NO2 is 1. The molecule has 0 N–H and O–H groups in total. The molecule has 0 bridgehead atoms. The van der Waals surface area contributed by atoms with Crippen LogP contribution in [0.2, 0.25) is 0 Å². The molecule has 0 fully saturated rings. The van der Waals surface area contributed by atoms with Crippen molar-refractivity contribution in [2.45, 2.75) is 53.0 Å². The minimum Gasteiger partial charge on any atom is -0.150 e. The fourth-order valence-electron chi connectivity index (χ4n) is 2.28. The van der Waals surface area contributed by atoms with Crippen molar-refractivity contribution >= 4 is 0 Å². The average molecular weight is 207 g/mol. The molecular formula is C13H21NO. The van der Waals surface area contributed by atoms with Crippen molar-refractivity contribution in [1.82, 2.24) is 0 Å². The SMILES string of the molecule is CC1=C(C=CC(C)N=O)C(C)(C)CCC1. The smallest absolute Gasteiger partial charge is 0.107 e. The molecule has 0 saturated carbocycles. The summed E-state index contributed by atoms with van der Waals surface area (Å²) in [5, 5.41) is 2.99. The molecule has 1 rings (SSSR count). The van der Waals surface area contributed by atoms with E-state index in [9.17, 15) is 4.91 Å². The van der Waals surface area contributed by atoms with E-state index in [-0.39, 0.29) is 11.5 Å². The first-order valence-electron chi connectivity index (χ1n) is 5.68. The third-order valence-electron chi connectivity index (χ3n) is 3.25. The molecule has 0 spiro atoms. The molecule has 1 atom stereocenters. The van der Waals surface area contributed by atoms with Crippen molar-refractivity contribution in [3.05, 3.63) is 28.2 Å². The lowest BCUT2D eigenvalue weighted by Crippen LogP contribution is -2.19. The summed E-state index contributed by atoms with van der Waals surface area (Å²) in [6.07, 6.45) is 7.69. The van der Waals surface area contributed by atoms with Gasteiger partial charge >= 0.3 is 0 Å². The minimum atomic E-state index is -0.219. The summed E-state index contributed by atoms with van der Waals surface area (Å²) in [6, 6.07) is -0.219. The van der Waals surface area contributed by atoms with E-state index >= 15 is 0 Å². The Balaban J connectivity index is 2.89. The van der Waals surface area contributed by atoms with Gasteiger partial charge in [-0.1, -0.05) is 36.7 Å². The van der Waals surface area contributed by atoms with Crippen LogP contribution < -0.4 is 0 Å². The van der Waals surface area contributed by atoms with E-state index in [1.54, 1.807) is 0 Å². The number of allylic oxidation sites excluding steroid dienone is 3. The summed E-state index contributed by atoms with van der Waals surface area (Å²) in [6.45, 7) is 8.55. The normalized spacial score (nSPS) is 23.2. The van der Waals surface area contributed by atoms with Crippen LogP contribution in [0.4, 0.5) is 0 Å². The molecule has 0 aromatic rings. The van der Waals surface area contributed by atoms with Crippen LogP contribution >= 0.6 is 0 Å². The van der Waals surface area contributed by atoms with Gasteiger partial charge in [-0.25, -0.2) is 0 Å². The Morgan fingerprint density at radius 2 is 2.13 bits per heavy atom. The average Bonchev–Trinajstić information content (AvgIpc) is 2.15. The van der Waals surface area contributed by atoms with Gasteiger partial charge in [-0.3, -0.25) is 0 Å². The molecule has 0 saturated heterocycles. The third-order valence-corrected chi connectivity index (χ3v) is 3.25. The minimum absolute atomic E-state index is 0.219. The van der Waals surface area contributed by atoms with E-state index in [1.807, 2.05) is 13.0 Å². The standard InChI is InChI=1S/C13H21NO/c1-10-6-5-9-13(3,4)12(10)8-7-11(2)14-15/h7-8,11H,5-6,9H2,1-4H3. The first-order chi connectivity index (χ1) is 6.97. The van der Waals surface area contributed by atoms with Crippen molar-refractivity contribution in [1.29, 1.82) is 0 Å². The van der Waals surface area contributed by atoms with E-state index in [4.69, 9.17) is 0 Å². The van der Waals surface area contributed by atoms with Gasteiger partial charge in [-0.2, -0.15) is 4.91 Å². The molecule has 1 aliphatic rings. The van der Waals surface area contributed by atoms with E-state index < -0.39 is 0 Å². The van der Waals surface area contributed by atoms with Crippen LogP contribution in [0.25, 0.3) is 0 Å². The molecule has 0 amide bonds. The van der Waals surface area contributed by atoms with E-state index in [0.717, 1.165) is 0 Å². The predicted octanol–water partition coefficient (Wildman–Crippen LogP) is 4.22. The molecule has 0 heterocycles. The Hall–Kier alpha value is -0.920. The maximum absolute atomic E-state index is 10.3. The van der Waals surface area contributed by atoms with Gasteiger partial charge in [0.25, 0.3) is 0 Å². The molecule has 0 aliphatic heterocycles. The van der Waals surface area contributed by atoms with Gasteiger partial charge in [-0.05, 0) is 44.1 Å². The number of hydrogen-bond donors (Lipinski definition) is 0. The van der Waals surface area contributed by atoms with Crippen LogP contribution in [0.1, 0.15) is 47.0 Å². The zero-order chi connectivity index (χ0) is 11.5. The highest BCUT2D eigenvalue weighted by Crippen LogP contribution is 2.40. The second-order valence-corrected chi connectivity index (χ2v) is 5.14. The summed E-state index contributed by atoms with van der Waals surface area (Å²) in [4.78, 5) is 10.3. The Bertz CT molecular complexity index is 300. The van der Waals surface area contributed by atoms with Gasteiger partial charge < -0.3 is 0 Å². The quantitative estimate of drug-likeness (QED) is 0.637. The summed E-state index contributed by atoms with van der Waals surface area (Å²) in [5.41, 5.74) is 3.10. The monoisotopic (exact) mass is 207 g/mol. The summed E-state index contributed by atoms with van der Waals surface area (Å²) >= 11 is 0. The summed E-state index contributed by atoms with van der Waals surface area (Å²) in [7, 11) is 0. The summed E-state index contributed by atoms with van der Waals surface area (Å²) in [5.74, 6) is 0. The summed E-state index contributed by atoms with van der Waals surface area (Å²) < 4.78 is 0. The lowest BCUT2D eigenvalue weighted by atomic mass is 9.72. The van der Waals surface area contributed by atoms with Gasteiger partial charge in [-0.15, -0.1) is 0 Å².